The van der Waals surface area contributed by atoms with E-state index in [1.165, 1.54) is 36.9 Å². The molecule has 1 amide bonds. The van der Waals surface area contributed by atoms with Crippen molar-refractivity contribution in [1.29, 1.82) is 0 Å². The Morgan fingerprint density at radius 1 is 1.52 bits per heavy atom. The van der Waals surface area contributed by atoms with Crippen molar-refractivity contribution in [3.8, 4) is 0 Å². The predicted octanol–water partition coefficient (Wildman–Crippen LogP) is 2.07. The smallest absolute Gasteiger partial charge is 0.327 e. The molecule has 0 aliphatic rings. The van der Waals surface area contributed by atoms with Gasteiger partial charge in [-0.25, -0.2) is 4.79 Å². The molecule has 2 N–H and O–H groups in total. The van der Waals surface area contributed by atoms with Crippen LogP contribution in [0.3, 0.4) is 0 Å². The Morgan fingerprint density at radius 2 is 2.19 bits per heavy atom. The van der Waals surface area contributed by atoms with E-state index in [4.69, 9.17) is 16.7 Å². The van der Waals surface area contributed by atoms with E-state index in [-0.39, 0.29) is 16.5 Å². The average Bonchev–Trinajstić information content (AvgIpc) is 2.38. The standard InChI is InChI=1S/C12H13ClN2O5S/c1-7(16)14-11(12(17)18)6-21-5-8-2-3-9(15(19)20)4-10(8)13/h2-4,11H,5-6H2,1H3,(H,14,16)(H,17,18)/t11-/m0/s1. The topological polar surface area (TPSA) is 110 Å². The van der Waals surface area contributed by atoms with Crippen molar-refractivity contribution in [3.63, 3.8) is 0 Å². The fourth-order valence-electron chi connectivity index (χ4n) is 1.47. The van der Waals surface area contributed by atoms with Crippen LogP contribution in [0.5, 0.6) is 0 Å². The van der Waals surface area contributed by atoms with Gasteiger partial charge in [-0.1, -0.05) is 11.6 Å². The van der Waals surface area contributed by atoms with Crippen LogP contribution in [0.2, 0.25) is 5.02 Å². The molecule has 9 heteroatoms. The molecule has 114 valence electrons. The number of nitro benzene ring substituents is 1. The lowest BCUT2D eigenvalue weighted by atomic mass is 10.2. The number of nitrogens with zero attached hydrogens (tertiary/aromatic N) is 1. The number of halogens is 1. The van der Waals surface area contributed by atoms with Gasteiger partial charge in [-0.3, -0.25) is 14.9 Å². The van der Waals surface area contributed by atoms with Crippen LogP contribution in [0.25, 0.3) is 0 Å². The zero-order chi connectivity index (χ0) is 16.0. The lowest BCUT2D eigenvalue weighted by Crippen LogP contribution is -2.41. The Bertz CT molecular complexity index is 567. The minimum absolute atomic E-state index is 0.101. The van der Waals surface area contributed by atoms with Crippen LogP contribution in [0.1, 0.15) is 12.5 Å². The highest BCUT2D eigenvalue weighted by Crippen LogP contribution is 2.26. The molecule has 0 spiro atoms. The van der Waals surface area contributed by atoms with Crippen LogP contribution >= 0.6 is 23.4 Å². The van der Waals surface area contributed by atoms with Crippen molar-refractivity contribution >= 4 is 40.9 Å². The highest BCUT2D eigenvalue weighted by molar-refractivity contribution is 7.98. The van der Waals surface area contributed by atoms with Gasteiger partial charge >= 0.3 is 5.97 Å². The van der Waals surface area contributed by atoms with Crippen molar-refractivity contribution in [2.24, 2.45) is 0 Å². The van der Waals surface area contributed by atoms with Gasteiger partial charge in [0.25, 0.3) is 5.69 Å². The van der Waals surface area contributed by atoms with Gasteiger partial charge in [0.1, 0.15) is 6.04 Å². The summed E-state index contributed by atoms with van der Waals surface area (Å²) in [7, 11) is 0. The zero-order valence-electron chi connectivity index (χ0n) is 11.0. The van der Waals surface area contributed by atoms with Crippen LogP contribution in [-0.2, 0) is 15.3 Å². The first-order valence-electron chi connectivity index (χ1n) is 5.81. The predicted molar refractivity (Wildman–Crippen MR) is 79.5 cm³/mol. The molecule has 0 radical (unpaired) electrons. The summed E-state index contributed by atoms with van der Waals surface area (Å²) >= 11 is 7.20. The summed E-state index contributed by atoms with van der Waals surface area (Å²) in [6.07, 6.45) is 0. The molecule has 0 unspecified atom stereocenters. The molecule has 0 bridgehead atoms. The van der Waals surface area contributed by atoms with Crippen LogP contribution < -0.4 is 5.32 Å². The number of rotatable bonds is 7. The lowest BCUT2D eigenvalue weighted by Gasteiger charge is -2.12. The maximum Gasteiger partial charge on any atom is 0.327 e. The number of nitro groups is 1. The number of carbonyl (C=O) groups excluding carboxylic acids is 1. The van der Waals surface area contributed by atoms with Crippen molar-refractivity contribution < 1.29 is 19.6 Å². The number of nitrogens with one attached hydrogen (secondary N) is 1. The van der Waals surface area contributed by atoms with Gasteiger partial charge in [-0.15, -0.1) is 0 Å². The van der Waals surface area contributed by atoms with E-state index >= 15 is 0 Å². The van der Waals surface area contributed by atoms with E-state index in [9.17, 15) is 19.7 Å². The summed E-state index contributed by atoms with van der Waals surface area (Å²) in [5.41, 5.74) is 0.564. The van der Waals surface area contributed by atoms with E-state index in [1.807, 2.05) is 0 Å². The van der Waals surface area contributed by atoms with Gasteiger partial charge in [-0.05, 0) is 11.6 Å². The number of carboxylic acids is 1. The summed E-state index contributed by atoms with van der Waals surface area (Å²) in [4.78, 5) is 31.9. The largest absolute Gasteiger partial charge is 0.480 e. The molecule has 0 aromatic heterocycles. The minimum atomic E-state index is -1.12. The molecule has 1 rings (SSSR count). The molecular weight excluding hydrogens is 320 g/mol. The van der Waals surface area contributed by atoms with Gasteiger partial charge in [0, 0.05) is 30.6 Å². The summed E-state index contributed by atoms with van der Waals surface area (Å²) in [5.74, 6) is -0.980. The van der Waals surface area contributed by atoms with Crippen LogP contribution in [0, 0.1) is 10.1 Å². The molecule has 1 aromatic rings. The number of benzene rings is 1. The number of hydrogen-bond acceptors (Lipinski definition) is 5. The molecule has 21 heavy (non-hydrogen) atoms. The van der Waals surface area contributed by atoms with E-state index in [0.29, 0.717) is 11.3 Å². The molecule has 0 fully saturated rings. The van der Waals surface area contributed by atoms with Crippen molar-refractivity contribution in [2.75, 3.05) is 5.75 Å². The van der Waals surface area contributed by atoms with E-state index in [0.717, 1.165) is 0 Å². The molecule has 0 saturated heterocycles. The quantitative estimate of drug-likeness (QED) is 0.584. The van der Waals surface area contributed by atoms with Crippen molar-refractivity contribution in [1.82, 2.24) is 5.32 Å². The SMILES string of the molecule is CC(=O)N[C@@H](CSCc1ccc([N+](=O)[O-])cc1Cl)C(=O)O. The van der Waals surface area contributed by atoms with E-state index in [1.54, 1.807) is 0 Å². The first-order valence-corrected chi connectivity index (χ1v) is 7.35. The lowest BCUT2D eigenvalue weighted by molar-refractivity contribution is -0.384. The third kappa shape index (κ3) is 5.60. The average molecular weight is 333 g/mol. The fourth-order valence-corrected chi connectivity index (χ4v) is 2.85. The zero-order valence-corrected chi connectivity index (χ0v) is 12.6. The first-order chi connectivity index (χ1) is 9.81. The molecule has 0 aliphatic heterocycles. The second-order valence-corrected chi connectivity index (χ2v) is 5.58. The van der Waals surface area contributed by atoms with Crippen molar-refractivity contribution in [2.45, 2.75) is 18.7 Å². The van der Waals surface area contributed by atoms with Crippen LogP contribution in [0.15, 0.2) is 18.2 Å². The summed E-state index contributed by atoms with van der Waals surface area (Å²) in [6, 6.07) is 3.13. The van der Waals surface area contributed by atoms with E-state index in [2.05, 4.69) is 5.32 Å². The van der Waals surface area contributed by atoms with Crippen LogP contribution in [-0.4, -0.2) is 33.7 Å². The third-order valence-electron chi connectivity index (χ3n) is 2.47. The number of carbonyl (C=O) groups is 2. The van der Waals surface area contributed by atoms with Crippen LogP contribution in [0.4, 0.5) is 5.69 Å². The molecular formula is C12H13ClN2O5S. The van der Waals surface area contributed by atoms with Gasteiger partial charge in [0.15, 0.2) is 0 Å². The Labute approximate surface area is 129 Å². The fraction of sp³-hybridized carbons (Fsp3) is 0.333. The third-order valence-corrected chi connectivity index (χ3v) is 3.90. The second kappa shape index (κ2) is 7.84. The maximum absolute atomic E-state index is 10.9. The normalized spacial score (nSPS) is 11.7. The van der Waals surface area contributed by atoms with Gasteiger partial charge < -0.3 is 10.4 Å². The summed E-state index contributed by atoms with van der Waals surface area (Å²) in [6.45, 7) is 1.24. The number of thioether (sulfide) groups is 1. The Hall–Kier alpha value is -1.80. The maximum atomic E-state index is 10.9. The van der Waals surface area contributed by atoms with E-state index < -0.39 is 22.8 Å². The summed E-state index contributed by atoms with van der Waals surface area (Å²) in [5, 5.41) is 22.1. The highest BCUT2D eigenvalue weighted by atomic mass is 35.5. The number of amides is 1. The molecule has 0 heterocycles. The molecule has 0 aliphatic carbocycles. The van der Waals surface area contributed by atoms with Gasteiger partial charge in [-0.2, -0.15) is 11.8 Å². The first kappa shape index (κ1) is 17.3. The monoisotopic (exact) mass is 332 g/mol. The Kier molecular flexibility index (Phi) is 6.44. The molecule has 0 saturated carbocycles. The molecule has 1 aromatic carbocycles. The number of non-ortho nitro benzene ring substituents is 1. The van der Waals surface area contributed by atoms with Gasteiger partial charge in [0.2, 0.25) is 5.91 Å². The molecule has 1 atom stereocenters. The minimum Gasteiger partial charge on any atom is -0.480 e. The highest BCUT2D eigenvalue weighted by Gasteiger charge is 2.18. The number of aliphatic carboxylic acids is 1. The second-order valence-electron chi connectivity index (χ2n) is 4.14. The Balaban J connectivity index is 2.60. The number of carboxylic acid groups (broad SMARTS) is 1. The van der Waals surface area contributed by atoms with Gasteiger partial charge in [0.05, 0.1) is 9.95 Å². The molecule has 7 nitrogen and oxygen atoms in total. The summed E-state index contributed by atoms with van der Waals surface area (Å²) < 4.78 is 0. The van der Waals surface area contributed by atoms with Crippen molar-refractivity contribution in [3.05, 3.63) is 38.9 Å². The number of hydrogen-bond donors (Lipinski definition) is 2. The Morgan fingerprint density at radius 3 is 2.67 bits per heavy atom.